The minimum absolute atomic E-state index is 0.284. The first-order chi connectivity index (χ1) is 7.52. The molecule has 16 heavy (non-hydrogen) atoms. The number of rotatable bonds is 3. The molecular weight excluding hydrogens is 208 g/mol. The Bertz CT molecular complexity index is 408. The van der Waals surface area contributed by atoms with Crippen LogP contribution in [-0.2, 0) is 14.3 Å². The maximum Gasteiger partial charge on any atom is 0.345 e. The van der Waals surface area contributed by atoms with E-state index in [0.717, 1.165) is 0 Å². The van der Waals surface area contributed by atoms with Crippen LogP contribution in [-0.4, -0.2) is 17.7 Å². The third kappa shape index (κ3) is 3.02. The summed E-state index contributed by atoms with van der Waals surface area (Å²) in [6.45, 7) is 2.68. The van der Waals surface area contributed by atoms with Crippen LogP contribution in [0.4, 0.5) is 0 Å². The second-order valence-electron chi connectivity index (χ2n) is 3.41. The van der Waals surface area contributed by atoms with E-state index in [1.807, 2.05) is 0 Å². The summed E-state index contributed by atoms with van der Waals surface area (Å²) in [5.74, 6) is -2.79. The van der Waals surface area contributed by atoms with Crippen molar-refractivity contribution < 1.29 is 19.1 Å². The van der Waals surface area contributed by atoms with Crippen molar-refractivity contribution in [2.45, 2.75) is 13.8 Å². The maximum atomic E-state index is 11.4. The molecule has 0 saturated carbocycles. The van der Waals surface area contributed by atoms with Gasteiger partial charge < -0.3 is 4.74 Å². The first kappa shape index (κ1) is 12.1. The lowest BCUT2D eigenvalue weighted by molar-refractivity contribution is -0.145. The number of hydrogen-bond donors (Lipinski definition) is 0. The average molecular weight is 220 g/mol. The number of ketones is 1. The summed E-state index contributed by atoms with van der Waals surface area (Å²) in [6, 6.07) is 8.14. The fourth-order valence-corrected chi connectivity index (χ4v) is 0.979. The largest absolute Gasteiger partial charge is 0.389 e. The molecule has 0 heterocycles. The van der Waals surface area contributed by atoms with Gasteiger partial charge in [-0.1, -0.05) is 18.2 Å². The van der Waals surface area contributed by atoms with Crippen molar-refractivity contribution >= 4 is 17.7 Å². The molecule has 0 spiro atoms. The molecule has 1 aromatic rings. The highest BCUT2D eigenvalue weighted by Crippen LogP contribution is 2.05. The fraction of sp³-hybridized carbons (Fsp3) is 0.250. The molecule has 1 aromatic carbocycles. The normalized spacial score (nSPS) is 11.6. The van der Waals surface area contributed by atoms with E-state index in [1.165, 1.54) is 26.0 Å². The Kier molecular flexibility index (Phi) is 3.94. The molecule has 0 aliphatic carbocycles. The molecule has 0 aliphatic heterocycles. The van der Waals surface area contributed by atoms with Crippen molar-refractivity contribution in [3.05, 3.63) is 35.9 Å². The third-order valence-electron chi connectivity index (χ3n) is 2.17. The Morgan fingerprint density at radius 1 is 1.12 bits per heavy atom. The van der Waals surface area contributed by atoms with Crippen LogP contribution in [0.25, 0.3) is 0 Å². The van der Waals surface area contributed by atoms with Crippen LogP contribution in [0.3, 0.4) is 0 Å². The lowest BCUT2D eigenvalue weighted by atomic mass is 10.1. The lowest BCUT2D eigenvalue weighted by Gasteiger charge is -2.06. The zero-order chi connectivity index (χ0) is 12.1. The summed E-state index contributed by atoms with van der Waals surface area (Å²) in [7, 11) is 0. The minimum atomic E-state index is -0.910. The Morgan fingerprint density at radius 3 is 2.19 bits per heavy atom. The van der Waals surface area contributed by atoms with Crippen molar-refractivity contribution in [1.82, 2.24) is 0 Å². The summed E-state index contributed by atoms with van der Waals surface area (Å²) in [4.78, 5) is 33.6. The zero-order valence-electron chi connectivity index (χ0n) is 9.10. The van der Waals surface area contributed by atoms with Gasteiger partial charge in [-0.25, -0.2) is 4.79 Å². The van der Waals surface area contributed by atoms with Gasteiger partial charge in [0.2, 0.25) is 0 Å². The Labute approximate surface area is 93.2 Å². The number of ether oxygens (including phenoxy) is 1. The SMILES string of the molecule is CC(=O)C(C)C(=O)OC(=O)c1ccccc1. The fourth-order valence-electron chi connectivity index (χ4n) is 0.979. The molecule has 0 bridgehead atoms. The molecule has 0 N–H and O–H groups in total. The van der Waals surface area contributed by atoms with E-state index in [4.69, 9.17) is 0 Å². The predicted octanol–water partition coefficient (Wildman–Crippen LogP) is 1.60. The second-order valence-corrected chi connectivity index (χ2v) is 3.41. The molecule has 1 atom stereocenters. The molecule has 0 saturated heterocycles. The molecule has 0 radical (unpaired) electrons. The van der Waals surface area contributed by atoms with Crippen molar-refractivity contribution in [2.75, 3.05) is 0 Å². The number of carbonyl (C=O) groups is 3. The van der Waals surface area contributed by atoms with Crippen LogP contribution >= 0.6 is 0 Å². The summed E-state index contributed by atoms with van der Waals surface area (Å²) in [6.07, 6.45) is 0. The van der Waals surface area contributed by atoms with Gasteiger partial charge in [-0.05, 0) is 26.0 Å². The highest BCUT2D eigenvalue weighted by Gasteiger charge is 2.22. The quantitative estimate of drug-likeness (QED) is 0.573. The van der Waals surface area contributed by atoms with Gasteiger partial charge in [-0.15, -0.1) is 0 Å². The van der Waals surface area contributed by atoms with Crippen molar-refractivity contribution in [3.8, 4) is 0 Å². The van der Waals surface area contributed by atoms with E-state index in [9.17, 15) is 14.4 Å². The monoisotopic (exact) mass is 220 g/mol. The number of Topliss-reactive ketones (excluding diaryl/α,β-unsaturated/α-hetero) is 1. The topological polar surface area (TPSA) is 60.4 Å². The van der Waals surface area contributed by atoms with Crippen molar-refractivity contribution in [2.24, 2.45) is 5.92 Å². The van der Waals surface area contributed by atoms with Gasteiger partial charge in [0.25, 0.3) is 0 Å². The van der Waals surface area contributed by atoms with Crippen molar-refractivity contribution in [1.29, 1.82) is 0 Å². The van der Waals surface area contributed by atoms with Gasteiger partial charge in [0.05, 0.1) is 5.56 Å². The molecule has 0 fully saturated rings. The summed E-state index contributed by atoms with van der Waals surface area (Å²) in [5, 5.41) is 0. The Hall–Kier alpha value is -1.97. The third-order valence-corrected chi connectivity index (χ3v) is 2.17. The summed E-state index contributed by atoms with van der Waals surface area (Å²) < 4.78 is 4.56. The molecule has 4 heteroatoms. The van der Waals surface area contributed by atoms with E-state index in [2.05, 4.69) is 4.74 Å². The zero-order valence-corrected chi connectivity index (χ0v) is 9.10. The standard InChI is InChI=1S/C12H12O4/c1-8(9(2)13)11(14)16-12(15)10-6-4-3-5-7-10/h3-8H,1-2H3. The number of hydrogen-bond acceptors (Lipinski definition) is 4. The molecule has 84 valence electrons. The van der Waals surface area contributed by atoms with Crippen LogP contribution in [0.5, 0.6) is 0 Å². The number of carbonyl (C=O) groups excluding carboxylic acids is 3. The summed E-state index contributed by atoms with van der Waals surface area (Å²) >= 11 is 0. The Morgan fingerprint density at radius 2 is 1.69 bits per heavy atom. The van der Waals surface area contributed by atoms with E-state index >= 15 is 0 Å². The maximum absolute atomic E-state index is 11.4. The van der Waals surface area contributed by atoms with Crippen molar-refractivity contribution in [3.63, 3.8) is 0 Å². The lowest BCUT2D eigenvalue weighted by Crippen LogP contribution is -2.24. The first-order valence-corrected chi connectivity index (χ1v) is 4.84. The van der Waals surface area contributed by atoms with Gasteiger partial charge in [0, 0.05) is 0 Å². The van der Waals surface area contributed by atoms with E-state index in [-0.39, 0.29) is 11.3 Å². The van der Waals surface area contributed by atoms with Gasteiger partial charge in [0.1, 0.15) is 11.7 Å². The molecule has 1 rings (SSSR count). The minimum Gasteiger partial charge on any atom is -0.389 e. The van der Waals surface area contributed by atoms with Gasteiger partial charge in [-0.2, -0.15) is 0 Å². The Balaban J connectivity index is 2.66. The molecule has 0 aliphatic rings. The van der Waals surface area contributed by atoms with Crippen LogP contribution < -0.4 is 0 Å². The molecule has 4 nitrogen and oxygen atoms in total. The smallest absolute Gasteiger partial charge is 0.345 e. The molecule has 0 amide bonds. The van der Waals surface area contributed by atoms with Crippen LogP contribution in [0.1, 0.15) is 24.2 Å². The molecule has 1 unspecified atom stereocenters. The second kappa shape index (κ2) is 5.21. The van der Waals surface area contributed by atoms with E-state index < -0.39 is 17.9 Å². The first-order valence-electron chi connectivity index (χ1n) is 4.84. The average Bonchev–Trinajstić information content (AvgIpc) is 2.28. The highest BCUT2D eigenvalue weighted by atomic mass is 16.6. The van der Waals surface area contributed by atoms with E-state index in [1.54, 1.807) is 18.2 Å². The molecular formula is C12H12O4. The number of esters is 2. The number of benzene rings is 1. The van der Waals surface area contributed by atoms with Crippen LogP contribution in [0, 0.1) is 5.92 Å². The molecule has 0 aromatic heterocycles. The van der Waals surface area contributed by atoms with Gasteiger partial charge in [-0.3, -0.25) is 9.59 Å². The van der Waals surface area contributed by atoms with E-state index in [0.29, 0.717) is 0 Å². The highest BCUT2D eigenvalue weighted by molar-refractivity contribution is 6.04. The van der Waals surface area contributed by atoms with Crippen LogP contribution in [0.15, 0.2) is 30.3 Å². The van der Waals surface area contributed by atoms with Gasteiger partial charge >= 0.3 is 11.9 Å². The van der Waals surface area contributed by atoms with Gasteiger partial charge in [0.15, 0.2) is 0 Å². The summed E-state index contributed by atoms with van der Waals surface area (Å²) in [5.41, 5.74) is 0.284. The van der Waals surface area contributed by atoms with Crippen LogP contribution in [0.2, 0.25) is 0 Å². The predicted molar refractivity (Wildman–Crippen MR) is 56.7 cm³/mol.